The molecule has 1 aliphatic heterocycles. The number of ether oxygens (including phenoxy) is 1. The highest BCUT2D eigenvalue weighted by atomic mass is 19.1. The van der Waals surface area contributed by atoms with Crippen LogP contribution in [0.5, 0.6) is 5.75 Å². The summed E-state index contributed by atoms with van der Waals surface area (Å²) in [5.41, 5.74) is 1.30. The van der Waals surface area contributed by atoms with E-state index in [9.17, 15) is 14.0 Å². The van der Waals surface area contributed by atoms with Gasteiger partial charge in [-0.15, -0.1) is 6.58 Å². The molecule has 5 nitrogen and oxygen atoms in total. The molecule has 6 heteroatoms. The second-order valence-corrected chi connectivity index (χ2v) is 5.59. The highest BCUT2D eigenvalue weighted by molar-refractivity contribution is 6.36. The first kappa shape index (κ1) is 17.4. The zero-order valence-electron chi connectivity index (χ0n) is 14.2. The first-order valence-electron chi connectivity index (χ1n) is 7.94. The van der Waals surface area contributed by atoms with Crippen molar-refractivity contribution in [1.82, 2.24) is 4.90 Å². The zero-order chi connectivity index (χ0) is 18.7. The van der Waals surface area contributed by atoms with Crippen LogP contribution in [0.4, 0.5) is 10.1 Å². The average molecular weight is 352 g/mol. The number of rotatable bonds is 6. The van der Waals surface area contributed by atoms with Crippen LogP contribution in [0, 0.1) is 5.82 Å². The predicted molar refractivity (Wildman–Crippen MR) is 96.9 cm³/mol. The van der Waals surface area contributed by atoms with Crippen molar-refractivity contribution < 1.29 is 18.7 Å². The molecular weight excluding hydrogens is 335 g/mol. The fourth-order valence-electron chi connectivity index (χ4n) is 2.75. The number of para-hydroxylation sites is 2. The Morgan fingerprint density at radius 3 is 2.46 bits per heavy atom. The summed E-state index contributed by atoms with van der Waals surface area (Å²) in [6, 6.07) is 12.5. The Hall–Kier alpha value is -3.41. The third kappa shape index (κ3) is 3.09. The van der Waals surface area contributed by atoms with Crippen LogP contribution in [-0.4, -0.2) is 30.4 Å². The van der Waals surface area contributed by atoms with Gasteiger partial charge in [0.25, 0.3) is 11.8 Å². The summed E-state index contributed by atoms with van der Waals surface area (Å²) in [5.74, 6) is -0.826. The van der Waals surface area contributed by atoms with Gasteiger partial charge >= 0.3 is 0 Å². The number of imide groups is 1. The highest BCUT2D eigenvalue weighted by Crippen LogP contribution is 2.33. The van der Waals surface area contributed by atoms with Crippen molar-refractivity contribution in [3.05, 3.63) is 78.3 Å². The van der Waals surface area contributed by atoms with Gasteiger partial charge in [0.2, 0.25) is 0 Å². The average Bonchev–Trinajstić information content (AvgIpc) is 2.88. The number of benzene rings is 2. The maximum atomic E-state index is 13.3. The maximum Gasteiger partial charge on any atom is 0.278 e. The van der Waals surface area contributed by atoms with Gasteiger partial charge in [0.05, 0.1) is 18.4 Å². The van der Waals surface area contributed by atoms with Crippen LogP contribution < -0.4 is 10.1 Å². The molecule has 0 spiro atoms. The van der Waals surface area contributed by atoms with E-state index in [1.54, 1.807) is 24.3 Å². The third-order valence-corrected chi connectivity index (χ3v) is 3.98. The van der Waals surface area contributed by atoms with Crippen molar-refractivity contribution in [3.63, 3.8) is 0 Å². The normalized spacial score (nSPS) is 14.0. The molecule has 0 bridgehead atoms. The van der Waals surface area contributed by atoms with Gasteiger partial charge in [-0.3, -0.25) is 14.5 Å². The molecule has 2 aromatic carbocycles. The van der Waals surface area contributed by atoms with Crippen LogP contribution in [0.2, 0.25) is 0 Å². The molecule has 3 rings (SSSR count). The minimum absolute atomic E-state index is 0.0828. The van der Waals surface area contributed by atoms with Crippen molar-refractivity contribution >= 4 is 23.1 Å². The van der Waals surface area contributed by atoms with E-state index in [0.717, 1.165) is 4.90 Å². The number of methoxy groups -OCH3 is 1. The number of nitrogens with one attached hydrogen (secondary N) is 1. The van der Waals surface area contributed by atoms with Gasteiger partial charge in [-0.2, -0.15) is 0 Å². The number of nitrogens with zero attached hydrogens (tertiary/aromatic N) is 1. The molecule has 0 aromatic heterocycles. The Labute approximate surface area is 150 Å². The van der Waals surface area contributed by atoms with E-state index >= 15 is 0 Å². The Morgan fingerprint density at radius 2 is 1.81 bits per heavy atom. The summed E-state index contributed by atoms with van der Waals surface area (Å²) in [4.78, 5) is 26.7. The summed E-state index contributed by atoms with van der Waals surface area (Å²) < 4.78 is 18.6. The monoisotopic (exact) mass is 352 g/mol. The molecule has 0 saturated heterocycles. The van der Waals surface area contributed by atoms with E-state index in [1.807, 2.05) is 0 Å². The van der Waals surface area contributed by atoms with Crippen molar-refractivity contribution in [1.29, 1.82) is 0 Å². The van der Waals surface area contributed by atoms with Crippen molar-refractivity contribution in [2.45, 2.75) is 0 Å². The highest BCUT2D eigenvalue weighted by Gasteiger charge is 2.38. The Balaban J connectivity index is 2.10. The molecule has 1 aliphatic rings. The first-order valence-corrected chi connectivity index (χ1v) is 7.94. The quantitative estimate of drug-likeness (QED) is 0.641. The van der Waals surface area contributed by atoms with Crippen LogP contribution in [0.15, 0.2) is 66.9 Å². The fourth-order valence-corrected chi connectivity index (χ4v) is 2.75. The predicted octanol–water partition coefficient (Wildman–Crippen LogP) is 3.21. The second-order valence-electron chi connectivity index (χ2n) is 5.59. The number of hydrogen-bond acceptors (Lipinski definition) is 4. The molecule has 0 atom stereocenters. The lowest BCUT2D eigenvalue weighted by atomic mass is 10.0. The van der Waals surface area contributed by atoms with E-state index in [0.29, 0.717) is 17.0 Å². The Bertz CT molecular complexity index is 904. The Morgan fingerprint density at radius 1 is 1.12 bits per heavy atom. The van der Waals surface area contributed by atoms with E-state index in [-0.39, 0.29) is 17.8 Å². The van der Waals surface area contributed by atoms with Crippen LogP contribution in [0.3, 0.4) is 0 Å². The van der Waals surface area contributed by atoms with E-state index in [1.165, 1.54) is 37.5 Å². The second kappa shape index (κ2) is 7.23. The zero-order valence-corrected chi connectivity index (χ0v) is 14.2. The molecule has 0 unspecified atom stereocenters. The maximum absolute atomic E-state index is 13.3. The molecular formula is C20H17FN2O3. The van der Waals surface area contributed by atoms with Gasteiger partial charge in [-0.1, -0.05) is 30.3 Å². The number of anilines is 1. The van der Waals surface area contributed by atoms with Gasteiger partial charge < -0.3 is 10.1 Å². The van der Waals surface area contributed by atoms with Crippen molar-refractivity contribution in [2.75, 3.05) is 19.0 Å². The molecule has 2 amide bonds. The number of halogens is 1. The molecule has 26 heavy (non-hydrogen) atoms. The summed E-state index contributed by atoms with van der Waals surface area (Å²) in [6.07, 6.45) is 1.48. The van der Waals surface area contributed by atoms with Gasteiger partial charge in [-0.25, -0.2) is 4.39 Å². The minimum atomic E-state index is -0.472. The number of carbonyl (C=O) groups excluding carboxylic acids is 2. The fraction of sp³-hybridized carbons (Fsp3) is 0.100. The van der Waals surface area contributed by atoms with Crippen LogP contribution in [-0.2, 0) is 9.59 Å². The standard InChI is InChI=1S/C20H17FN2O3/c1-3-12-23-19(24)17(13-8-10-14(21)11-9-13)18(20(23)25)22-15-6-4-5-7-16(15)26-2/h3-11,22H,1,12H2,2H3. The Kier molecular flexibility index (Phi) is 4.84. The summed E-state index contributed by atoms with van der Waals surface area (Å²) >= 11 is 0. The van der Waals surface area contributed by atoms with Gasteiger partial charge in [0.1, 0.15) is 17.3 Å². The lowest BCUT2D eigenvalue weighted by Crippen LogP contribution is -2.32. The van der Waals surface area contributed by atoms with Gasteiger partial charge in [-0.05, 0) is 29.8 Å². The summed E-state index contributed by atoms with van der Waals surface area (Å²) in [5, 5.41) is 3.01. The van der Waals surface area contributed by atoms with Crippen LogP contribution in [0.1, 0.15) is 5.56 Å². The number of hydrogen-bond donors (Lipinski definition) is 1. The van der Waals surface area contributed by atoms with Crippen molar-refractivity contribution in [2.24, 2.45) is 0 Å². The van der Waals surface area contributed by atoms with Gasteiger partial charge in [0.15, 0.2) is 0 Å². The van der Waals surface area contributed by atoms with E-state index < -0.39 is 17.6 Å². The van der Waals surface area contributed by atoms with Crippen LogP contribution >= 0.6 is 0 Å². The molecule has 0 saturated carbocycles. The molecule has 0 radical (unpaired) electrons. The summed E-state index contributed by atoms with van der Waals surface area (Å²) in [6.45, 7) is 3.67. The minimum Gasteiger partial charge on any atom is -0.495 e. The summed E-state index contributed by atoms with van der Waals surface area (Å²) in [7, 11) is 1.52. The molecule has 2 aromatic rings. The van der Waals surface area contributed by atoms with Crippen LogP contribution in [0.25, 0.3) is 5.57 Å². The molecule has 0 fully saturated rings. The van der Waals surface area contributed by atoms with Gasteiger partial charge in [0, 0.05) is 6.54 Å². The molecule has 1 heterocycles. The smallest absolute Gasteiger partial charge is 0.278 e. The number of amides is 2. The lowest BCUT2D eigenvalue weighted by molar-refractivity contribution is -0.136. The lowest BCUT2D eigenvalue weighted by Gasteiger charge is -2.13. The molecule has 132 valence electrons. The largest absolute Gasteiger partial charge is 0.495 e. The van der Waals surface area contributed by atoms with Crippen molar-refractivity contribution in [3.8, 4) is 5.75 Å². The van der Waals surface area contributed by atoms with E-state index in [4.69, 9.17) is 4.74 Å². The SMILES string of the molecule is C=CCN1C(=O)C(Nc2ccccc2OC)=C(c2ccc(F)cc2)C1=O. The number of carbonyl (C=O) groups is 2. The van der Waals surface area contributed by atoms with E-state index in [2.05, 4.69) is 11.9 Å². The first-order chi connectivity index (χ1) is 12.6. The molecule has 1 N–H and O–H groups in total. The molecule has 0 aliphatic carbocycles. The third-order valence-electron chi connectivity index (χ3n) is 3.98. The topological polar surface area (TPSA) is 58.6 Å².